The second-order valence-electron chi connectivity index (χ2n) is 18.0. The number of hydrogen-bond acceptors (Lipinski definition) is 16. The maximum atomic E-state index is 15.1. The van der Waals surface area contributed by atoms with Crippen molar-refractivity contribution in [3.05, 3.63) is 133 Å². The molecule has 3 aromatic heterocycles. The molecule has 6 aromatic rings. The van der Waals surface area contributed by atoms with Crippen molar-refractivity contribution in [1.82, 2.24) is 41.0 Å². The lowest BCUT2D eigenvalue weighted by Gasteiger charge is -2.25. The Morgan fingerprint density at radius 3 is 2.26 bits per heavy atom. The summed E-state index contributed by atoms with van der Waals surface area (Å²) in [4.78, 5) is 113. The van der Waals surface area contributed by atoms with Crippen LogP contribution in [-0.2, 0) is 50.9 Å². The third-order valence-electron chi connectivity index (χ3n) is 12.1. The van der Waals surface area contributed by atoms with E-state index in [0.717, 1.165) is 40.3 Å². The quantitative estimate of drug-likeness (QED) is 0.0393. The summed E-state index contributed by atoms with van der Waals surface area (Å²) in [6.45, 7) is 2.82. The van der Waals surface area contributed by atoms with Crippen molar-refractivity contribution >= 4 is 80.0 Å². The van der Waals surface area contributed by atoms with Crippen LogP contribution in [0.15, 0.2) is 121 Å². The van der Waals surface area contributed by atoms with Crippen LogP contribution in [0.2, 0.25) is 0 Å². The highest BCUT2D eigenvalue weighted by molar-refractivity contribution is 8.00. The summed E-state index contributed by atoms with van der Waals surface area (Å²) in [5, 5.41) is 17.5. The molecule has 7 rings (SSSR count). The van der Waals surface area contributed by atoms with Crippen molar-refractivity contribution in [2.45, 2.75) is 56.7 Å². The van der Waals surface area contributed by atoms with E-state index < -0.39 is 98.8 Å². The van der Waals surface area contributed by atoms with Crippen molar-refractivity contribution in [3.63, 3.8) is 0 Å². The number of nitrogens with zero attached hydrogens (tertiary/aromatic N) is 6. The first-order chi connectivity index (χ1) is 38.4. The zero-order valence-electron chi connectivity index (χ0n) is 43.2. The fourth-order valence-electron chi connectivity index (χ4n) is 8.04. The third kappa shape index (κ3) is 15.0. The molecule has 9 amide bonds. The number of rotatable bonds is 23. The van der Waals surface area contributed by atoms with Gasteiger partial charge in [0.05, 0.1) is 49.7 Å². The largest absolute Gasteiger partial charge is 0.479 e. The lowest BCUT2D eigenvalue weighted by Crippen LogP contribution is -2.54. The smallest absolute Gasteiger partial charge is 0.422 e. The number of anilines is 2. The molecular weight excluding hydrogens is 1060 g/mol. The van der Waals surface area contributed by atoms with Gasteiger partial charge in [0.25, 0.3) is 11.8 Å². The van der Waals surface area contributed by atoms with Gasteiger partial charge in [0.15, 0.2) is 0 Å². The number of methoxy groups -OCH3 is 1. The number of carbonyl (C=O) groups excluding carboxylic acids is 8. The lowest BCUT2D eigenvalue weighted by molar-refractivity contribution is -0.138. The number of amides is 9. The molecule has 0 saturated heterocycles. The Hall–Kier alpha value is -9.43. The second-order valence-corrected chi connectivity index (χ2v) is 19.3. The Morgan fingerprint density at radius 2 is 1.57 bits per heavy atom. The van der Waals surface area contributed by atoms with Crippen LogP contribution in [0.3, 0.4) is 0 Å². The van der Waals surface area contributed by atoms with E-state index in [9.17, 15) is 47.0 Å². The predicted molar refractivity (Wildman–Crippen MR) is 285 cm³/mol. The molecular formula is C54H53F2N11O12S. The molecule has 416 valence electrons. The number of benzene rings is 3. The van der Waals surface area contributed by atoms with Gasteiger partial charge in [-0.05, 0) is 90.0 Å². The van der Waals surface area contributed by atoms with E-state index in [1.807, 2.05) is 0 Å². The van der Waals surface area contributed by atoms with Gasteiger partial charge in [0, 0.05) is 65.8 Å². The molecule has 3 atom stereocenters. The molecule has 0 bridgehead atoms. The number of fused-ring (bicyclic) bond motifs is 1. The number of imide groups is 2. The fourth-order valence-corrected chi connectivity index (χ4v) is 9.00. The minimum absolute atomic E-state index is 0.00548. The van der Waals surface area contributed by atoms with Crippen LogP contribution in [0.25, 0.3) is 33.2 Å². The summed E-state index contributed by atoms with van der Waals surface area (Å²) in [6, 6.07) is 15.0. The standard InChI is InChI=1S/C54H53F2N11O12S/c1-31(2)48(65-45(68)18-23-78-24-22-66-46(69)14-15-47(66)70)50(72)64-42(5-4-19-59-52(57)73)49(71)63-37-10-6-32(7-11-37)30-79-53(74)67(54(75)80(76)44-13-9-36(55)27-40(44)56)43-26-35(28-60-51(43)77-3)33-8-12-41-39(25-33)38(17-20-58-41)34-16-21-61-62-29-34/h6-17,20-21,25-29,31,42,48H,4-5,18-19,22-24,30H2,1-3H3,(H,63,71)(H,64,72)(H,65,68)(H3,57,59,73)/t42-,48-,80?/m0/s1. The average molecular weight is 1120 g/mol. The van der Waals surface area contributed by atoms with Crippen molar-refractivity contribution < 1.29 is 65.6 Å². The van der Waals surface area contributed by atoms with E-state index in [2.05, 4.69) is 41.4 Å². The van der Waals surface area contributed by atoms with E-state index in [-0.39, 0.29) is 62.8 Å². The molecule has 1 aliphatic heterocycles. The van der Waals surface area contributed by atoms with Crippen molar-refractivity contribution in [1.29, 1.82) is 0 Å². The second kappa shape index (κ2) is 27.2. The Morgan fingerprint density at radius 1 is 0.812 bits per heavy atom. The summed E-state index contributed by atoms with van der Waals surface area (Å²) in [5.74, 6) is -5.92. The highest BCUT2D eigenvalue weighted by Crippen LogP contribution is 2.36. The number of ether oxygens (including phenoxy) is 3. The maximum absolute atomic E-state index is 15.1. The van der Waals surface area contributed by atoms with Crippen LogP contribution in [0.5, 0.6) is 5.88 Å². The first-order valence-electron chi connectivity index (χ1n) is 24.6. The zero-order valence-corrected chi connectivity index (χ0v) is 44.0. The van der Waals surface area contributed by atoms with Gasteiger partial charge in [0.2, 0.25) is 23.6 Å². The highest BCUT2D eigenvalue weighted by Gasteiger charge is 2.35. The molecule has 1 unspecified atom stereocenters. The molecule has 0 fully saturated rings. The third-order valence-corrected chi connectivity index (χ3v) is 13.4. The Kier molecular flexibility index (Phi) is 19.8. The number of primary amides is 1. The number of hydrogen-bond donors (Lipinski definition) is 5. The Labute approximate surface area is 458 Å². The van der Waals surface area contributed by atoms with Gasteiger partial charge < -0.3 is 41.2 Å². The maximum Gasteiger partial charge on any atom is 0.422 e. The number of halogens is 2. The number of carbonyl (C=O) groups is 8. The highest BCUT2D eigenvalue weighted by atomic mass is 32.2. The minimum Gasteiger partial charge on any atom is -0.479 e. The van der Waals surface area contributed by atoms with Crippen LogP contribution >= 0.6 is 0 Å². The van der Waals surface area contributed by atoms with Crippen molar-refractivity contribution in [3.8, 4) is 28.1 Å². The molecule has 0 radical (unpaired) electrons. The molecule has 23 nitrogen and oxygen atoms in total. The van der Waals surface area contributed by atoms with E-state index in [4.69, 9.17) is 19.9 Å². The summed E-state index contributed by atoms with van der Waals surface area (Å²) in [6.07, 6.45) is 7.11. The van der Waals surface area contributed by atoms with Crippen LogP contribution in [0, 0.1) is 17.6 Å². The Balaban J connectivity index is 1.05. The molecule has 0 spiro atoms. The number of nitrogens with one attached hydrogen (secondary N) is 4. The molecule has 4 heterocycles. The van der Waals surface area contributed by atoms with Gasteiger partial charge in [0.1, 0.15) is 46.8 Å². The van der Waals surface area contributed by atoms with Crippen LogP contribution < -0.4 is 36.6 Å². The fraction of sp³-hybridized carbons (Fsp3) is 0.259. The SMILES string of the molecule is COc1ncc(-c2ccc3nccc(-c4ccnnc4)c3c2)cc1N(C(=O)OCc1ccc(NC(=O)[C@H](CCCNC(N)=O)NC(=O)[C@@H](NC(=O)CCOCCN2C(=O)C=CC2=O)C(C)C)cc1)C(=O)S(=O)c1ccc(F)cc1F. The lowest BCUT2D eigenvalue weighted by atomic mass is 9.99. The number of urea groups is 1. The molecule has 26 heteroatoms. The summed E-state index contributed by atoms with van der Waals surface area (Å²) < 4.78 is 59.3. The number of pyridine rings is 2. The van der Waals surface area contributed by atoms with Gasteiger partial charge >= 0.3 is 17.4 Å². The van der Waals surface area contributed by atoms with E-state index >= 15 is 4.39 Å². The monoisotopic (exact) mass is 1120 g/mol. The van der Waals surface area contributed by atoms with Gasteiger partial charge in [-0.15, -0.1) is 0 Å². The average Bonchev–Trinajstić information content (AvgIpc) is 3.80. The molecule has 80 heavy (non-hydrogen) atoms. The Bertz CT molecular complexity index is 3350. The van der Waals surface area contributed by atoms with E-state index in [0.29, 0.717) is 38.6 Å². The summed E-state index contributed by atoms with van der Waals surface area (Å²) >= 11 is 0. The van der Waals surface area contributed by atoms with E-state index in [1.54, 1.807) is 62.8 Å². The van der Waals surface area contributed by atoms with Gasteiger partial charge in [-0.3, -0.25) is 38.7 Å². The topological polar surface area (TPSA) is 314 Å². The summed E-state index contributed by atoms with van der Waals surface area (Å²) in [5.41, 5.74) is 8.41. The number of nitrogens with two attached hydrogens (primary N) is 1. The first-order valence-corrected chi connectivity index (χ1v) is 25.8. The van der Waals surface area contributed by atoms with Gasteiger partial charge in [-0.25, -0.2) is 27.6 Å². The van der Waals surface area contributed by atoms with Crippen molar-refractivity contribution in [2.75, 3.05) is 43.6 Å². The van der Waals surface area contributed by atoms with Crippen molar-refractivity contribution in [2.24, 2.45) is 11.7 Å². The first kappa shape index (κ1) is 58.3. The zero-order chi connectivity index (χ0) is 57.5. The molecule has 6 N–H and O–H groups in total. The molecule has 0 aliphatic carbocycles. The van der Waals surface area contributed by atoms with Gasteiger partial charge in [-0.2, -0.15) is 15.1 Å². The number of aromatic nitrogens is 4. The molecule has 3 aromatic carbocycles. The van der Waals surface area contributed by atoms with Gasteiger partial charge in [-0.1, -0.05) is 32.0 Å². The predicted octanol–water partition coefficient (Wildman–Crippen LogP) is 5.46. The van der Waals surface area contributed by atoms with Crippen LogP contribution in [0.1, 0.15) is 38.7 Å². The normalized spacial score (nSPS) is 13.1. The van der Waals surface area contributed by atoms with Crippen LogP contribution in [-0.4, -0.2) is 122 Å². The van der Waals surface area contributed by atoms with Crippen LogP contribution in [0.4, 0.5) is 34.5 Å². The molecule has 1 aliphatic rings. The van der Waals surface area contributed by atoms with E-state index in [1.165, 1.54) is 43.6 Å². The molecule has 0 saturated carbocycles. The minimum atomic E-state index is -2.98. The summed E-state index contributed by atoms with van der Waals surface area (Å²) in [7, 11) is -1.77.